The Morgan fingerprint density at radius 2 is 1.79 bits per heavy atom. The van der Waals surface area contributed by atoms with E-state index in [1.54, 1.807) is 0 Å². The number of hydrogen-bond donors (Lipinski definition) is 0. The molecule has 1 fully saturated rings. The van der Waals surface area contributed by atoms with Gasteiger partial charge < -0.3 is 4.74 Å². The van der Waals surface area contributed by atoms with E-state index >= 15 is 0 Å². The first-order valence-electron chi connectivity index (χ1n) is 6.48. The van der Waals surface area contributed by atoms with Crippen molar-refractivity contribution in [2.45, 2.75) is 12.6 Å². The molecule has 98 valence electrons. The maximum absolute atomic E-state index is 5.77. The number of hydrogen-bond acceptors (Lipinski definition) is 2. The molecule has 3 heteroatoms. The van der Waals surface area contributed by atoms with E-state index in [0.717, 1.165) is 25.4 Å². The third-order valence-electron chi connectivity index (χ3n) is 3.34. The molecule has 0 saturated carbocycles. The van der Waals surface area contributed by atoms with Crippen LogP contribution in [0.5, 0.6) is 5.75 Å². The molecule has 2 nitrogen and oxygen atoms in total. The van der Waals surface area contributed by atoms with Gasteiger partial charge in [-0.05, 0) is 23.8 Å². The molecule has 1 aliphatic rings. The van der Waals surface area contributed by atoms with E-state index < -0.39 is 0 Å². The molecule has 0 N–H and O–H groups in total. The van der Waals surface area contributed by atoms with Crippen molar-refractivity contribution in [2.75, 3.05) is 13.2 Å². The Labute approximate surface area is 122 Å². The first-order chi connectivity index (χ1) is 9.33. The van der Waals surface area contributed by atoms with Crippen molar-refractivity contribution in [3.05, 3.63) is 64.6 Å². The van der Waals surface area contributed by atoms with Crippen LogP contribution in [0.4, 0.5) is 0 Å². The lowest BCUT2D eigenvalue weighted by Gasteiger charge is -2.08. The van der Waals surface area contributed by atoms with Gasteiger partial charge in [-0.15, -0.1) is 0 Å². The maximum atomic E-state index is 5.77. The minimum atomic E-state index is 0.548. The molecular weight excluding hydrogens is 302 g/mol. The van der Waals surface area contributed by atoms with Crippen LogP contribution in [-0.2, 0) is 6.54 Å². The Kier molecular flexibility index (Phi) is 3.85. The molecule has 0 amide bonds. The van der Waals surface area contributed by atoms with Gasteiger partial charge in [-0.25, -0.2) is 0 Å². The van der Waals surface area contributed by atoms with Crippen LogP contribution in [0.2, 0.25) is 0 Å². The Bertz CT molecular complexity index is 543. The number of nitrogens with zero attached hydrogens (tertiary/aromatic N) is 1. The number of benzene rings is 2. The monoisotopic (exact) mass is 317 g/mol. The molecular formula is C16H16BrNO. The van der Waals surface area contributed by atoms with Gasteiger partial charge >= 0.3 is 0 Å². The zero-order chi connectivity index (χ0) is 13.1. The van der Waals surface area contributed by atoms with Crippen LogP contribution in [-0.4, -0.2) is 24.1 Å². The van der Waals surface area contributed by atoms with Gasteiger partial charge in [-0.1, -0.05) is 52.3 Å². The first-order valence-corrected chi connectivity index (χ1v) is 7.27. The molecule has 2 aromatic rings. The number of para-hydroxylation sites is 1. The first kappa shape index (κ1) is 12.7. The Hall–Kier alpha value is -1.32. The van der Waals surface area contributed by atoms with Crippen molar-refractivity contribution >= 4 is 15.9 Å². The van der Waals surface area contributed by atoms with Crippen LogP contribution in [0.1, 0.15) is 5.56 Å². The minimum absolute atomic E-state index is 0.548. The molecule has 0 radical (unpaired) electrons. The predicted octanol–water partition coefficient (Wildman–Crippen LogP) is 3.71. The zero-order valence-electron chi connectivity index (χ0n) is 10.6. The molecule has 19 heavy (non-hydrogen) atoms. The quantitative estimate of drug-likeness (QED) is 0.779. The summed E-state index contributed by atoms with van der Waals surface area (Å²) < 4.78 is 6.96. The highest BCUT2D eigenvalue weighted by atomic mass is 79.9. The van der Waals surface area contributed by atoms with Crippen molar-refractivity contribution in [1.82, 2.24) is 4.90 Å². The van der Waals surface area contributed by atoms with E-state index in [0.29, 0.717) is 6.04 Å². The number of ether oxygens (including phenoxy) is 1. The smallest absolute Gasteiger partial charge is 0.119 e. The zero-order valence-corrected chi connectivity index (χ0v) is 12.2. The van der Waals surface area contributed by atoms with Gasteiger partial charge in [-0.2, -0.15) is 0 Å². The third kappa shape index (κ3) is 3.37. The summed E-state index contributed by atoms with van der Waals surface area (Å²) in [7, 11) is 0. The van der Waals surface area contributed by atoms with Crippen LogP contribution in [0.15, 0.2) is 59.1 Å². The fraction of sp³-hybridized carbons (Fsp3) is 0.250. The van der Waals surface area contributed by atoms with Crippen LogP contribution >= 0.6 is 15.9 Å². The predicted molar refractivity (Wildman–Crippen MR) is 80.3 cm³/mol. The molecule has 2 unspecified atom stereocenters. The second-order valence-corrected chi connectivity index (χ2v) is 5.65. The van der Waals surface area contributed by atoms with Gasteiger partial charge in [0.2, 0.25) is 0 Å². The maximum Gasteiger partial charge on any atom is 0.119 e. The lowest BCUT2D eigenvalue weighted by molar-refractivity contribution is 0.292. The van der Waals surface area contributed by atoms with Crippen molar-refractivity contribution in [3.8, 4) is 5.75 Å². The van der Waals surface area contributed by atoms with Crippen molar-refractivity contribution in [1.29, 1.82) is 0 Å². The highest BCUT2D eigenvalue weighted by Crippen LogP contribution is 2.25. The van der Waals surface area contributed by atoms with E-state index in [1.807, 2.05) is 36.4 Å². The molecule has 2 atom stereocenters. The lowest BCUT2D eigenvalue weighted by atomic mass is 10.2. The molecule has 1 saturated heterocycles. The van der Waals surface area contributed by atoms with Gasteiger partial charge in [-0.3, -0.25) is 4.90 Å². The van der Waals surface area contributed by atoms with Gasteiger partial charge in [0.05, 0.1) is 6.04 Å². The van der Waals surface area contributed by atoms with Crippen molar-refractivity contribution in [2.24, 2.45) is 0 Å². The molecule has 1 aliphatic heterocycles. The second-order valence-electron chi connectivity index (χ2n) is 4.80. The van der Waals surface area contributed by atoms with Crippen LogP contribution in [0, 0.1) is 0 Å². The summed E-state index contributed by atoms with van der Waals surface area (Å²) in [5, 5.41) is 0. The van der Waals surface area contributed by atoms with E-state index in [2.05, 4.69) is 39.0 Å². The highest BCUT2D eigenvalue weighted by Gasteiger charge is 2.34. The number of halogens is 1. The van der Waals surface area contributed by atoms with E-state index in [9.17, 15) is 0 Å². The van der Waals surface area contributed by atoms with Crippen LogP contribution < -0.4 is 4.74 Å². The summed E-state index contributed by atoms with van der Waals surface area (Å²) >= 11 is 3.59. The lowest BCUT2D eigenvalue weighted by Crippen LogP contribution is -2.11. The molecule has 3 rings (SSSR count). The summed E-state index contributed by atoms with van der Waals surface area (Å²) in [5.74, 6) is 0.954. The van der Waals surface area contributed by atoms with Crippen molar-refractivity contribution < 1.29 is 4.74 Å². The summed E-state index contributed by atoms with van der Waals surface area (Å²) in [4.78, 5) is 2.42. The van der Waals surface area contributed by atoms with Gasteiger partial charge in [0.25, 0.3) is 0 Å². The minimum Gasteiger partial charge on any atom is -0.492 e. The fourth-order valence-corrected chi connectivity index (χ4v) is 2.54. The summed E-state index contributed by atoms with van der Waals surface area (Å²) in [6, 6.07) is 18.9. The Morgan fingerprint density at radius 1 is 1.05 bits per heavy atom. The normalized spacial score (nSPS) is 21.1. The van der Waals surface area contributed by atoms with E-state index in [-0.39, 0.29) is 0 Å². The van der Waals surface area contributed by atoms with Gasteiger partial charge in [0.1, 0.15) is 12.4 Å². The molecule has 0 bridgehead atoms. The second kappa shape index (κ2) is 5.76. The summed E-state index contributed by atoms with van der Waals surface area (Å²) in [5.41, 5.74) is 1.34. The van der Waals surface area contributed by atoms with Gasteiger partial charge in [0.15, 0.2) is 0 Å². The Balaban J connectivity index is 1.48. The summed E-state index contributed by atoms with van der Waals surface area (Å²) in [6.07, 6.45) is 0. The topological polar surface area (TPSA) is 12.2 Å². The number of rotatable bonds is 5. The third-order valence-corrected chi connectivity index (χ3v) is 4.12. The summed E-state index contributed by atoms with van der Waals surface area (Å²) in [6.45, 7) is 2.88. The van der Waals surface area contributed by atoms with E-state index in [4.69, 9.17) is 4.74 Å². The molecule has 0 aromatic heterocycles. The standard InChI is InChI=1S/C16H16BrNO/c17-16-9-5-4-6-13(16)10-18-11-14(18)12-19-15-7-2-1-3-8-15/h1-9,14H,10-12H2. The molecule has 1 heterocycles. The highest BCUT2D eigenvalue weighted by molar-refractivity contribution is 9.10. The average molecular weight is 318 g/mol. The molecule has 2 aromatic carbocycles. The Morgan fingerprint density at radius 3 is 2.58 bits per heavy atom. The largest absolute Gasteiger partial charge is 0.492 e. The molecule has 0 spiro atoms. The fourth-order valence-electron chi connectivity index (χ4n) is 2.13. The average Bonchev–Trinajstić information content (AvgIpc) is 3.19. The molecule has 0 aliphatic carbocycles. The van der Waals surface area contributed by atoms with Crippen LogP contribution in [0.3, 0.4) is 0 Å². The van der Waals surface area contributed by atoms with Gasteiger partial charge in [0, 0.05) is 17.6 Å². The van der Waals surface area contributed by atoms with E-state index in [1.165, 1.54) is 10.0 Å². The van der Waals surface area contributed by atoms with Crippen molar-refractivity contribution in [3.63, 3.8) is 0 Å². The van der Waals surface area contributed by atoms with Crippen LogP contribution in [0.25, 0.3) is 0 Å². The SMILES string of the molecule is Brc1ccccc1CN1CC1COc1ccccc1.